The number of esters is 1. The predicted octanol–water partition coefficient (Wildman–Crippen LogP) is 2.93. The van der Waals surface area contributed by atoms with E-state index >= 15 is 0 Å². The van der Waals surface area contributed by atoms with Crippen LogP contribution in [0, 0.1) is 5.92 Å². The standard InChI is InChI=1S/C15H24N2O2/c1-5-17(10-11(3)4)14-8-7-12(16)9-13(14)15(18)19-6-2/h7-9,11H,5-6,10,16H2,1-4H3. The summed E-state index contributed by atoms with van der Waals surface area (Å²) in [6.07, 6.45) is 0. The molecule has 1 rings (SSSR count). The number of hydrogen-bond donors (Lipinski definition) is 1. The maximum atomic E-state index is 12.0. The lowest BCUT2D eigenvalue weighted by atomic mass is 10.1. The number of hydrogen-bond acceptors (Lipinski definition) is 4. The largest absolute Gasteiger partial charge is 0.462 e. The van der Waals surface area contributed by atoms with Crippen LogP contribution in [0.15, 0.2) is 18.2 Å². The molecule has 0 amide bonds. The Hall–Kier alpha value is -1.71. The van der Waals surface area contributed by atoms with E-state index in [1.807, 2.05) is 12.1 Å². The van der Waals surface area contributed by atoms with Gasteiger partial charge in [-0.2, -0.15) is 0 Å². The van der Waals surface area contributed by atoms with E-state index < -0.39 is 0 Å². The van der Waals surface area contributed by atoms with Crippen molar-refractivity contribution in [3.63, 3.8) is 0 Å². The Morgan fingerprint density at radius 2 is 2.05 bits per heavy atom. The second-order valence-corrected chi connectivity index (χ2v) is 4.93. The molecule has 0 saturated heterocycles. The Bertz CT molecular complexity index is 430. The third kappa shape index (κ3) is 4.16. The van der Waals surface area contributed by atoms with Crippen LogP contribution in [0.3, 0.4) is 0 Å². The van der Waals surface area contributed by atoms with Crippen molar-refractivity contribution < 1.29 is 9.53 Å². The van der Waals surface area contributed by atoms with Crippen molar-refractivity contribution in [3.8, 4) is 0 Å². The molecular formula is C15H24N2O2. The van der Waals surface area contributed by atoms with Gasteiger partial charge in [-0.05, 0) is 38.0 Å². The van der Waals surface area contributed by atoms with Gasteiger partial charge in [0.1, 0.15) is 0 Å². The van der Waals surface area contributed by atoms with Crippen LogP contribution in [0.2, 0.25) is 0 Å². The van der Waals surface area contributed by atoms with E-state index in [4.69, 9.17) is 10.5 Å². The highest BCUT2D eigenvalue weighted by molar-refractivity contribution is 5.97. The normalized spacial score (nSPS) is 10.6. The summed E-state index contributed by atoms with van der Waals surface area (Å²) in [5, 5.41) is 0. The molecule has 0 aromatic heterocycles. The Labute approximate surface area is 115 Å². The summed E-state index contributed by atoms with van der Waals surface area (Å²) in [5.41, 5.74) is 7.79. The summed E-state index contributed by atoms with van der Waals surface area (Å²) in [6, 6.07) is 5.41. The summed E-state index contributed by atoms with van der Waals surface area (Å²) in [6.45, 7) is 10.3. The zero-order valence-corrected chi connectivity index (χ0v) is 12.3. The highest BCUT2D eigenvalue weighted by atomic mass is 16.5. The Morgan fingerprint density at radius 3 is 2.58 bits per heavy atom. The van der Waals surface area contributed by atoms with Gasteiger partial charge in [-0.15, -0.1) is 0 Å². The lowest BCUT2D eigenvalue weighted by Gasteiger charge is -2.27. The summed E-state index contributed by atoms with van der Waals surface area (Å²) in [5.74, 6) is 0.208. The first-order chi connectivity index (χ1) is 8.99. The molecule has 0 aliphatic rings. The van der Waals surface area contributed by atoms with Gasteiger partial charge in [-0.25, -0.2) is 4.79 Å². The molecular weight excluding hydrogens is 240 g/mol. The molecule has 0 spiro atoms. The number of benzene rings is 1. The molecule has 0 unspecified atom stereocenters. The first kappa shape index (κ1) is 15.3. The zero-order chi connectivity index (χ0) is 14.4. The van der Waals surface area contributed by atoms with E-state index in [1.54, 1.807) is 13.0 Å². The number of rotatable bonds is 6. The van der Waals surface area contributed by atoms with Gasteiger partial charge in [-0.1, -0.05) is 13.8 Å². The van der Waals surface area contributed by atoms with Gasteiger partial charge in [0.2, 0.25) is 0 Å². The smallest absolute Gasteiger partial charge is 0.340 e. The van der Waals surface area contributed by atoms with Crippen LogP contribution >= 0.6 is 0 Å². The first-order valence-electron chi connectivity index (χ1n) is 6.81. The zero-order valence-electron chi connectivity index (χ0n) is 12.3. The minimum Gasteiger partial charge on any atom is -0.462 e. The van der Waals surface area contributed by atoms with Crippen molar-refractivity contribution in [2.45, 2.75) is 27.7 Å². The molecule has 1 aromatic rings. The molecule has 0 aliphatic heterocycles. The fourth-order valence-electron chi connectivity index (χ4n) is 2.04. The summed E-state index contributed by atoms with van der Waals surface area (Å²) in [4.78, 5) is 14.2. The van der Waals surface area contributed by atoms with Gasteiger partial charge in [0.05, 0.1) is 17.9 Å². The molecule has 106 valence electrons. The second-order valence-electron chi connectivity index (χ2n) is 4.93. The van der Waals surface area contributed by atoms with Gasteiger partial charge in [0.25, 0.3) is 0 Å². The second kappa shape index (κ2) is 7.02. The molecule has 0 bridgehead atoms. The average Bonchev–Trinajstić information content (AvgIpc) is 2.36. The van der Waals surface area contributed by atoms with E-state index in [0.29, 0.717) is 23.8 Å². The maximum absolute atomic E-state index is 12.0. The van der Waals surface area contributed by atoms with Gasteiger partial charge in [0.15, 0.2) is 0 Å². The number of nitrogens with two attached hydrogens (primary N) is 1. The molecule has 2 N–H and O–H groups in total. The van der Waals surface area contributed by atoms with Gasteiger partial charge in [-0.3, -0.25) is 0 Å². The SMILES string of the molecule is CCOC(=O)c1cc(N)ccc1N(CC)CC(C)C. The van der Waals surface area contributed by atoms with Crippen LogP contribution in [-0.4, -0.2) is 25.7 Å². The third-order valence-corrected chi connectivity index (χ3v) is 2.82. The number of nitrogen functional groups attached to an aromatic ring is 1. The predicted molar refractivity (Wildman–Crippen MR) is 79.5 cm³/mol. The fraction of sp³-hybridized carbons (Fsp3) is 0.533. The number of carbonyl (C=O) groups is 1. The first-order valence-corrected chi connectivity index (χ1v) is 6.81. The number of nitrogens with zero attached hydrogens (tertiary/aromatic N) is 1. The highest BCUT2D eigenvalue weighted by Gasteiger charge is 2.17. The van der Waals surface area contributed by atoms with Crippen LogP contribution < -0.4 is 10.6 Å². The Kier molecular flexibility index (Phi) is 5.67. The molecule has 0 aliphatic carbocycles. The van der Waals surface area contributed by atoms with E-state index in [-0.39, 0.29) is 5.97 Å². The average molecular weight is 264 g/mol. The minimum atomic E-state index is -0.313. The van der Waals surface area contributed by atoms with Crippen molar-refractivity contribution >= 4 is 17.3 Å². The summed E-state index contributed by atoms with van der Waals surface area (Å²) < 4.78 is 5.10. The molecule has 4 heteroatoms. The van der Waals surface area contributed by atoms with E-state index in [1.165, 1.54) is 0 Å². The minimum absolute atomic E-state index is 0.313. The van der Waals surface area contributed by atoms with Crippen molar-refractivity contribution in [2.24, 2.45) is 5.92 Å². The number of carbonyl (C=O) groups excluding carboxylic acids is 1. The van der Waals surface area contributed by atoms with Crippen LogP contribution in [0.25, 0.3) is 0 Å². The van der Waals surface area contributed by atoms with Crippen molar-refractivity contribution in [1.29, 1.82) is 0 Å². The van der Waals surface area contributed by atoms with Crippen molar-refractivity contribution in [2.75, 3.05) is 30.3 Å². The molecule has 0 saturated carbocycles. The van der Waals surface area contributed by atoms with E-state index in [0.717, 1.165) is 18.8 Å². The molecule has 19 heavy (non-hydrogen) atoms. The number of anilines is 2. The Morgan fingerprint density at radius 1 is 1.37 bits per heavy atom. The lowest BCUT2D eigenvalue weighted by Crippen LogP contribution is -2.29. The van der Waals surface area contributed by atoms with Gasteiger partial charge < -0.3 is 15.4 Å². The monoisotopic (exact) mass is 264 g/mol. The van der Waals surface area contributed by atoms with Crippen LogP contribution in [-0.2, 0) is 4.74 Å². The van der Waals surface area contributed by atoms with Crippen molar-refractivity contribution in [1.82, 2.24) is 0 Å². The molecule has 4 nitrogen and oxygen atoms in total. The van der Waals surface area contributed by atoms with E-state index in [9.17, 15) is 4.79 Å². The van der Waals surface area contributed by atoms with E-state index in [2.05, 4.69) is 25.7 Å². The third-order valence-electron chi connectivity index (χ3n) is 2.82. The van der Waals surface area contributed by atoms with Gasteiger partial charge >= 0.3 is 5.97 Å². The summed E-state index contributed by atoms with van der Waals surface area (Å²) in [7, 11) is 0. The van der Waals surface area contributed by atoms with Crippen molar-refractivity contribution in [3.05, 3.63) is 23.8 Å². The van der Waals surface area contributed by atoms with Crippen LogP contribution in [0.5, 0.6) is 0 Å². The molecule has 0 radical (unpaired) electrons. The maximum Gasteiger partial charge on any atom is 0.340 e. The summed E-state index contributed by atoms with van der Waals surface area (Å²) >= 11 is 0. The number of ether oxygens (including phenoxy) is 1. The quantitative estimate of drug-likeness (QED) is 0.634. The Balaban J connectivity index is 3.13. The molecule has 1 aromatic carbocycles. The fourth-order valence-corrected chi connectivity index (χ4v) is 2.04. The molecule has 0 heterocycles. The van der Waals surface area contributed by atoms with Crippen LogP contribution in [0.1, 0.15) is 38.1 Å². The highest BCUT2D eigenvalue weighted by Crippen LogP contribution is 2.25. The lowest BCUT2D eigenvalue weighted by molar-refractivity contribution is 0.0527. The van der Waals surface area contributed by atoms with Gasteiger partial charge in [0, 0.05) is 18.8 Å². The molecule has 0 fully saturated rings. The van der Waals surface area contributed by atoms with Crippen LogP contribution in [0.4, 0.5) is 11.4 Å². The topological polar surface area (TPSA) is 55.6 Å². The molecule has 0 atom stereocenters.